The molecule has 7 nitrogen and oxygen atoms in total. The van der Waals surface area contributed by atoms with Crippen LogP contribution < -0.4 is 9.47 Å². The number of benzene rings is 2. The molecule has 0 fully saturated rings. The molecule has 1 unspecified atom stereocenters. The van der Waals surface area contributed by atoms with E-state index in [1.165, 1.54) is 0 Å². The maximum atomic E-state index is 13.3. The predicted molar refractivity (Wildman–Crippen MR) is 123 cm³/mol. The number of nitrogens with one attached hydrogen (secondary N) is 1. The van der Waals surface area contributed by atoms with Gasteiger partial charge < -0.3 is 19.1 Å². The highest BCUT2D eigenvalue weighted by Gasteiger charge is 2.42. The molecule has 0 spiro atoms. The van der Waals surface area contributed by atoms with Crippen LogP contribution in [0.25, 0.3) is 11.3 Å². The minimum Gasteiger partial charge on any atom is -0.493 e. The predicted octanol–water partition coefficient (Wildman–Crippen LogP) is 4.98. The quantitative estimate of drug-likeness (QED) is 0.464. The first kappa shape index (κ1) is 22.5. The van der Waals surface area contributed by atoms with Crippen molar-refractivity contribution in [2.75, 3.05) is 34.5 Å². The van der Waals surface area contributed by atoms with Gasteiger partial charge >= 0.3 is 0 Å². The molecule has 0 radical (unpaired) electrons. The lowest BCUT2D eigenvalue weighted by Crippen LogP contribution is -2.31. The fourth-order valence-corrected chi connectivity index (χ4v) is 4.56. The zero-order valence-electron chi connectivity index (χ0n) is 17.9. The van der Waals surface area contributed by atoms with Gasteiger partial charge in [-0.2, -0.15) is 5.10 Å². The van der Waals surface area contributed by atoms with E-state index in [2.05, 4.69) is 10.2 Å². The number of carbonyl (C=O) groups is 1. The second-order valence-corrected chi connectivity index (χ2v) is 8.19. The number of aromatic nitrogens is 2. The van der Waals surface area contributed by atoms with Gasteiger partial charge in [0.05, 0.1) is 25.3 Å². The molecule has 0 saturated carbocycles. The molecule has 1 aromatic heterocycles. The summed E-state index contributed by atoms with van der Waals surface area (Å²) in [4.78, 5) is 15.2. The first-order chi connectivity index (χ1) is 15.5. The number of fused-ring (bicyclic) bond motifs is 1. The Morgan fingerprint density at radius 2 is 1.84 bits per heavy atom. The number of hydrogen-bond donors (Lipinski definition) is 1. The lowest BCUT2D eigenvalue weighted by molar-refractivity contribution is 0.0723. The molecule has 1 aliphatic rings. The molecule has 3 aromatic rings. The molecule has 1 aliphatic heterocycles. The van der Waals surface area contributed by atoms with Gasteiger partial charge in [-0.1, -0.05) is 29.3 Å². The second kappa shape index (κ2) is 9.40. The van der Waals surface area contributed by atoms with Crippen molar-refractivity contribution in [3.05, 3.63) is 63.3 Å². The molecule has 0 saturated heterocycles. The molecule has 32 heavy (non-hydrogen) atoms. The van der Waals surface area contributed by atoms with Crippen molar-refractivity contribution in [2.45, 2.75) is 12.5 Å². The molecule has 2 heterocycles. The molecular formula is C23H23Cl2N3O4. The third kappa shape index (κ3) is 3.92. The van der Waals surface area contributed by atoms with E-state index in [1.54, 1.807) is 33.5 Å². The first-order valence-electron chi connectivity index (χ1n) is 10.1. The van der Waals surface area contributed by atoms with E-state index in [9.17, 15) is 4.79 Å². The monoisotopic (exact) mass is 475 g/mol. The van der Waals surface area contributed by atoms with Crippen molar-refractivity contribution in [1.29, 1.82) is 0 Å². The summed E-state index contributed by atoms with van der Waals surface area (Å²) in [5, 5.41) is 8.37. The van der Waals surface area contributed by atoms with E-state index in [0.717, 1.165) is 11.1 Å². The highest BCUT2D eigenvalue weighted by molar-refractivity contribution is 6.36. The van der Waals surface area contributed by atoms with Gasteiger partial charge in [0.1, 0.15) is 11.4 Å². The topological polar surface area (TPSA) is 76.7 Å². The van der Waals surface area contributed by atoms with Gasteiger partial charge in [-0.25, -0.2) is 0 Å². The number of methoxy groups -OCH3 is 3. The molecule has 2 aromatic carbocycles. The standard InChI is InChI=1S/C23H23Cl2N3O4/c1-30-10-4-9-28-22(13-5-8-17(31-2)18(11-13)32-3)19-20(26-27-21(19)23(28)29)15-7-6-14(24)12-16(15)25/h5-8,11-12,22H,4,9-10H2,1-3H3,(H,26,27). The van der Waals surface area contributed by atoms with Crippen molar-refractivity contribution in [3.8, 4) is 22.8 Å². The number of rotatable bonds is 8. The van der Waals surface area contributed by atoms with Crippen molar-refractivity contribution in [1.82, 2.24) is 15.1 Å². The maximum Gasteiger partial charge on any atom is 0.273 e. The van der Waals surface area contributed by atoms with E-state index in [-0.39, 0.29) is 11.9 Å². The van der Waals surface area contributed by atoms with Gasteiger partial charge in [-0.15, -0.1) is 0 Å². The van der Waals surface area contributed by atoms with Crippen molar-refractivity contribution in [3.63, 3.8) is 0 Å². The summed E-state index contributed by atoms with van der Waals surface area (Å²) in [6, 6.07) is 10.5. The summed E-state index contributed by atoms with van der Waals surface area (Å²) in [7, 11) is 4.81. The van der Waals surface area contributed by atoms with Gasteiger partial charge in [-0.05, 0) is 42.3 Å². The number of nitrogens with zero attached hydrogens (tertiary/aromatic N) is 2. The summed E-state index contributed by atoms with van der Waals surface area (Å²) < 4.78 is 16.1. The summed E-state index contributed by atoms with van der Waals surface area (Å²) in [5.74, 6) is 1.07. The zero-order chi connectivity index (χ0) is 22.8. The Hall–Kier alpha value is -2.74. The molecule has 1 atom stereocenters. The lowest BCUT2D eigenvalue weighted by atomic mass is 9.95. The minimum atomic E-state index is -0.380. The van der Waals surface area contributed by atoms with Gasteiger partial charge in [0.2, 0.25) is 0 Å². The molecule has 9 heteroatoms. The van der Waals surface area contributed by atoms with Crippen LogP contribution in [0.2, 0.25) is 10.0 Å². The number of amides is 1. The van der Waals surface area contributed by atoms with Crippen LogP contribution in [0.5, 0.6) is 11.5 Å². The normalized spacial score (nSPS) is 15.2. The van der Waals surface area contributed by atoms with E-state index >= 15 is 0 Å². The van der Waals surface area contributed by atoms with Crippen LogP contribution in [0.1, 0.15) is 34.1 Å². The number of hydrogen-bond acceptors (Lipinski definition) is 5. The minimum absolute atomic E-state index is 0.125. The number of halogens is 2. The third-order valence-electron chi connectivity index (χ3n) is 5.52. The summed E-state index contributed by atoms with van der Waals surface area (Å²) in [6.45, 7) is 1.06. The van der Waals surface area contributed by atoms with Gasteiger partial charge in [0, 0.05) is 36.4 Å². The molecule has 4 rings (SSSR count). The highest BCUT2D eigenvalue weighted by atomic mass is 35.5. The summed E-state index contributed by atoms with van der Waals surface area (Å²) >= 11 is 12.6. The SMILES string of the molecule is COCCCN1C(=O)c2[nH]nc(-c3ccc(Cl)cc3Cl)c2C1c1ccc(OC)c(OC)c1. The van der Waals surface area contributed by atoms with E-state index in [0.29, 0.717) is 58.1 Å². The molecular weight excluding hydrogens is 453 g/mol. The third-order valence-corrected chi connectivity index (χ3v) is 6.07. The van der Waals surface area contributed by atoms with Crippen LogP contribution in [-0.2, 0) is 4.74 Å². The van der Waals surface area contributed by atoms with Crippen molar-refractivity contribution >= 4 is 29.1 Å². The Balaban J connectivity index is 1.86. The molecule has 1 N–H and O–H groups in total. The largest absolute Gasteiger partial charge is 0.493 e. The molecule has 0 aliphatic carbocycles. The number of aromatic amines is 1. The molecule has 168 valence electrons. The Morgan fingerprint density at radius 3 is 2.53 bits per heavy atom. The fourth-order valence-electron chi connectivity index (χ4n) is 4.06. The summed E-state index contributed by atoms with van der Waals surface area (Å²) in [6.07, 6.45) is 0.695. The first-order valence-corrected chi connectivity index (χ1v) is 10.8. The fraction of sp³-hybridized carbons (Fsp3) is 0.304. The van der Waals surface area contributed by atoms with Crippen LogP contribution >= 0.6 is 23.2 Å². The Morgan fingerprint density at radius 1 is 1.06 bits per heavy atom. The van der Waals surface area contributed by atoms with Gasteiger partial charge in [0.25, 0.3) is 5.91 Å². The van der Waals surface area contributed by atoms with Crippen LogP contribution in [0, 0.1) is 0 Å². The number of carbonyl (C=O) groups excluding carboxylic acids is 1. The zero-order valence-corrected chi connectivity index (χ0v) is 19.5. The molecule has 1 amide bonds. The number of ether oxygens (including phenoxy) is 3. The average molecular weight is 476 g/mol. The van der Waals surface area contributed by atoms with E-state index in [1.807, 2.05) is 29.2 Å². The van der Waals surface area contributed by atoms with Gasteiger partial charge in [-0.3, -0.25) is 9.89 Å². The highest BCUT2D eigenvalue weighted by Crippen LogP contribution is 2.45. The Kier molecular flexibility index (Phi) is 6.60. The molecule has 0 bridgehead atoms. The number of H-pyrrole nitrogens is 1. The lowest BCUT2D eigenvalue weighted by Gasteiger charge is -2.27. The maximum absolute atomic E-state index is 13.3. The van der Waals surface area contributed by atoms with Crippen LogP contribution in [0.15, 0.2) is 36.4 Å². The second-order valence-electron chi connectivity index (χ2n) is 7.35. The van der Waals surface area contributed by atoms with Crippen LogP contribution in [-0.4, -0.2) is 55.5 Å². The van der Waals surface area contributed by atoms with E-state index < -0.39 is 0 Å². The van der Waals surface area contributed by atoms with Crippen LogP contribution in [0.3, 0.4) is 0 Å². The van der Waals surface area contributed by atoms with Crippen LogP contribution in [0.4, 0.5) is 0 Å². The van der Waals surface area contributed by atoms with Gasteiger partial charge in [0.15, 0.2) is 11.5 Å². The van der Waals surface area contributed by atoms with Crippen molar-refractivity contribution < 1.29 is 19.0 Å². The summed E-state index contributed by atoms with van der Waals surface area (Å²) in [5.41, 5.74) is 3.40. The van der Waals surface area contributed by atoms with Crippen molar-refractivity contribution in [2.24, 2.45) is 0 Å². The van der Waals surface area contributed by atoms with E-state index in [4.69, 9.17) is 37.4 Å². The smallest absolute Gasteiger partial charge is 0.273 e. The average Bonchev–Trinajstić information content (AvgIpc) is 3.33. The Labute approximate surface area is 196 Å². The Bertz CT molecular complexity index is 1150.